The fraction of sp³-hybridized carbons (Fsp3) is 0.500. The van der Waals surface area contributed by atoms with E-state index in [1.54, 1.807) is 18.2 Å². The van der Waals surface area contributed by atoms with E-state index in [9.17, 15) is 9.18 Å². The van der Waals surface area contributed by atoms with Crippen molar-refractivity contribution in [1.82, 2.24) is 5.32 Å². The summed E-state index contributed by atoms with van der Waals surface area (Å²) in [6.45, 7) is 1.30. The molecular weight excluding hydrogens is 247 g/mol. The van der Waals surface area contributed by atoms with Crippen LogP contribution in [0.2, 0.25) is 0 Å². The van der Waals surface area contributed by atoms with Gasteiger partial charge in [-0.25, -0.2) is 4.39 Å². The second kappa shape index (κ2) is 9.33. The maximum absolute atomic E-state index is 13.2. The molecule has 0 fully saturated rings. The zero-order valence-corrected chi connectivity index (χ0v) is 11.0. The van der Waals surface area contributed by atoms with Crippen LogP contribution in [0.1, 0.15) is 25.7 Å². The third-order valence-corrected chi connectivity index (χ3v) is 2.63. The van der Waals surface area contributed by atoms with Crippen molar-refractivity contribution in [2.75, 3.05) is 19.7 Å². The van der Waals surface area contributed by atoms with Crippen LogP contribution in [0.5, 0.6) is 5.75 Å². The van der Waals surface area contributed by atoms with Crippen molar-refractivity contribution in [3.8, 4) is 5.75 Å². The van der Waals surface area contributed by atoms with Crippen LogP contribution >= 0.6 is 0 Å². The first-order chi connectivity index (χ1) is 9.24. The molecule has 0 heterocycles. The summed E-state index contributed by atoms with van der Waals surface area (Å²) in [5.41, 5.74) is 5.36. The lowest BCUT2D eigenvalue weighted by atomic mass is 10.2. The van der Waals surface area contributed by atoms with Crippen LogP contribution in [0.3, 0.4) is 0 Å². The molecule has 1 rings (SSSR count). The number of carbonyl (C=O) groups is 1. The van der Waals surface area contributed by atoms with Gasteiger partial charge >= 0.3 is 0 Å². The maximum atomic E-state index is 13.2. The second-order valence-electron chi connectivity index (χ2n) is 4.23. The highest BCUT2D eigenvalue weighted by Gasteiger charge is 2.02. The van der Waals surface area contributed by atoms with Gasteiger partial charge in [0.05, 0.1) is 6.54 Å². The summed E-state index contributed by atoms with van der Waals surface area (Å²) in [4.78, 5) is 11.4. The van der Waals surface area contributed by atoms with Crippen LogP contribution < -0.4 is 15.8 Å². The van der Waals surface area contributed by atoms with Gasteiger partial charge in [-0.1, -0.05) is 18.6 Å². The van der Waals surface area contributed by atoms with Gasteiger partial charge in [0.15, 0.2) is 11.6 Å². The van der Waals surface area contributed by atoms with Gasteiger partial charge in [0.1, 0.15) is 6.61 Å². The number of halogens is 1. The Morgan fingerprint density at radius 2 is 2.05 bits per heavy atom. The Bertz CT molecular complexity index is 385. The largest absolute Gasteiger partial charge is 0.489 e. The second-order valence-corrected chi connectivity index (χ2v) is 4.23. The summed E-state index contributed by atoms with van der Waals surface area (Å²) in [7, 11) is 0. The van der Waals surface area contributed by atoms with Gasteiger partial charge in [-0.15, -0.1) is 0 Å². The van der Waals surface area contributed by atoms with Crippen LogP contribution in [-0.4, -0.2) is 25.6 Å². The van der Waals surface area contributed by atoms with Crippen LogP contribution in [0.15, 0.2) is 24.3 Å². The number of nitrogens with one attached hydrogen (secondary N) is 1. The number of ether oxygens (including phenoxy) is 1. The van der Waals surface area contributed by atoms with Crippen molar-refractivity contribution in [3.05, 3.63) is 30.1 Å². The fourth-order valence-corrected chi connectivity index (χ4v) is 1.61. The molecule has 0 unspecified atom stereocenters. The van der Waals surface area contributed by atoms with Gasteiger partial charge < -0.3 is 15.8 Å². The molecule has 0 radical (unpaired) electrons. The van der Waals surface area contributed by atoms with E-state index in [4.69, 9.17) is 10.5 Å². The summed E-state index contributed by atoms with van der Waals surface area (Å²) in [6, 6.07) is 6.20. The van der Waals surface area contributed by atoms with E-state index in [1.807, 2.05) is 0 Å². The normalized spacial score (nSPS) is 10.2. The van der Waals surface area contributed by atoms with Crippen molar-refractivity contribution < 1.29 is 13.9 Å². The molecule has 4 nitrogen and oxygen atoms in total. The molecule has 0 aliphatic heterocycles. The highest BCUT2D eigenvalue weighted by atomic mass is 19.1. The summed E-state index contributed by atoms with van der Waals surface area (Å²) in [5, 5.41) is 2.73. The van der Waals surface area contributed by atoms with E-state index >= 15 is 0 Å². The van der Waals surface area contributed by atoms with E-state index in [0.717, 1.165) is 19.3 Å². The highest BCUT2D eigenvalue weighted by molar-refractivity contribution is 5.75. The minimum Gasteiger partial charge on any atom is -0.489 e. The number of carbonyl (C=O) groups excluding carboxylic acids is 1. The van der Waals surface area contributed by atoms with Crippen molar-refractivity contribution in [2.24, 2.45) is 5.73 Å². The molecule has 106 valence electrons. The molecule has 5 heteroatoms. The standard InChI is InChI=1S/C14H21FN2O2/c15-12-6-3-4-7-13(12)19-11-10-17-14(18)8-2-1-5-9-16/h3-4,6-7H,1-2,5,8-11,16H2,(H,17,18). The molecule has 1 aromatic rings. The minimum atomic E-state index is -0.393. The number of nitrogens with two attached hydrogens (primary N) is 1. The van der Waals surface area contributed by atoms with Gasteiger partial charge in [0.25, 0.3) is 0 Å². The third-order valence-electron chi connectivity index (χ3n) is 2.63. The maximum Gasteiger partial charge on any atom is 0.220 e. The Morgan fingerprint density at radius 3 is 2.79 bits per heavy atom. The third kappa shape index (κ3) is 6.76. The lowest BCUT2D eigenvalue weighted by molar-refractivity contribution is -0.121. The molecule has 0 atom stereocenters. The lowest BCUT2D eigenvalue weighted by Gasteiger charge is -2.08. The Morgan fingerprint density at radius 1 is 1.26 bits per heavy atom. The molecule has 0 aliphatic carbocycles. The van der Waals surface area contributed by atoms with E-state index in [-0.39, 0.29) is 18.3 Å². The summed E-state index contributed by atoms with van der Waals surface area (Å²) in [5.74, 6) is -0.190. The van der Waals surface area contributed by atoms with E-state index in [0.29, 0.717) is 19.5 Å². The molecule has 1 amide bonds. The van der Waals surface area contributed by atoms with Gasteiger partial charge in [0.2, 0.25) is 5.91 Å². The number of amides is 1. The quantitative estimate of drug-likeness (QED) is 0.672. The number of hydrogen-bond acceptors (Lipinski definition) is 3. The molecule has 0 aromatic heterocycles. The molecule has 0 spiro atoms. The van der Waals surface area contributed by atoms with Gasteiger partial charge in [-0.2, -0.15) is 0 Å². The highest BCUT2D eigenvalue weighted by Crippen LogP contribution is 2.14. The van der Waals surface area contributed by atoms with Crippen molar-refractivity contribution in [1.29, 1.82) is 0 Å². The first-order valence-electron chi connectivity index (χ1n) is 6.58. The van der Waals surface area contributed by atoms with Crippen LogP contribution in [0.4, 0.5) is 4.39 Å². The number of para-hydroxylation sites is 1. The van der Waals surface area contributed by atoms with Gasteiger partial charge in [-0.3, -0.25) is 4.79 Å². The predicted molar refractivity (Wildman–Crippen MR) is 72.4 cm³/mol. The van der Waals surface area contributed by atoms with Gasteiger partial charge in [-0.05, 0) is 31.5 Å². The monoisotopic (exact) mass is 268 g/mol. The first-order valence-corrected chi connectivity index (χ1v) is 6.58. The smallest absolute Gasteiger partial charge is 0.220 e. The van der Waals surface area contributed by atoms with Crippen molar-refractivity contribution in [3.63, 3.8) is 0 Å². The first kappa shape index (κ1) is 15.4. The Labute approximate surface area is 113 Å². The Hall–Kier alpha value is -1.62. The lowest BCUT2D eigenvalue weighted by Crippen LogP contribution is -2.27. The average molecular weight is 268 g/mol. The van der Waals surface area contributed by atoms with Crippen LogP contribution in [-0.2, 0) is 4.79 Å². The van der Waals surface area contributed by atoms with Crippen molar-refractivity contribution >= 4 is 5.91 Å². The zero-order chi connectivity index (χ0) is 13.9. The Balaban J connectivity index is 2.07. The van der Waals surface area contributed by atoms with Crippen LogP contribution in [0, 0.1) is 5.82 Å². The van der Waals surface area contributed by atoms with Crippen LogP contribution in [0.25, 0.3) is 0 Å². The van der Waals surface area contributed by atoms with Gasteiger partial charge in [0, 0.05) is 6.42 Å². The number of hydrogen-bond donors (Lipinski definition) is 2. The van der Waals surface area contributed by atoms with E-state index in [1.165, 1.54) is 6.07 Å². The molecular formula is C14H21FN2O2. The molecule has 0 saturated heterocycles. The molecule has 19 heavy (non-hydrogen) atoms. The zero-order valence-electron chi connectivity index (χ0n) is 11.0. The predicted octanol–water partition coefficient (Wildman–Crippen LogP) is 1.84. The summed E-state index contributed by atoms with van der Waals surface area (Å²) >= 11 is 0. The average Bonchev–Trinajstić information content (AvgIpc) is 2.41. The van der Waals surface area contributed by atoms with E-state index in [2.05, 4.69) is 5.32 Å². The fourth-order valence-electron chi connectivity index (χ4n) is 1.61. The molecule has 3 N–H and O–H groups in total. The molecule has 0 bridgehead atoms. The number of unbranched alkanes of at least 4 members (excludes halogenated alkanes) is 2. The van der Waals surface area contributed by atoms with E-state index < -0.39 is 5.82 Å². The number of rotatable bonds is 9. The van der Waals surface area contributed by atoms with Crippen molar-refractivity contribution in [2.45, 2.75) is 25.7 Å². The molecule has 1 aromatic carbocycles. The molecule has 0 saturated carbocycles. The summed E-state index contributed by atoms with van der Waals surface area (Å²) in [6.07, 6.45) is 3.26. The topological polar surface area (TPSA) is 64.4 Å². The number of benzene rings is 1. The summed E-state index contributed by atoms with van der Waals surface area (Å²) < 4.78 is 18.4. The SMILES string of the molecule is NCCCCCC(=O)NCCOc1ccccc1F. The Kier molecular flexibility index (Phi) is 7.58. The minimum absolute atomic E-state index is 0.00541. The molecule has 0 aliphatic rings.